The summed E-state index contributed by atoms with van der Waals surface area (Å²) in [6.07, 6.45) is 0.388. The molecule has 4 rings (SSSR count). The number of hydrogen-bond acceptors (Lipinski definition) is 9. The summed E-state index contributed by atoms with van der Waals surface area (Å²) in [6, 6.07) is 9.11. The van der Waals surface area contributed by atoms with Crippen molar-refractivity contribution in [2.75, 3.05) is 18.5 Å². The summed E-state index contributed by atoms with van der Waals surface area (Å²) >= 11 is 2.31. The minimum absolute atomic E-state index is 0.178. The van der Waals surface area contributed by atoms with E-state index in [0.717, 1.165) is 22.2 Å². The van der Waals surface area contributed by atoms with E-state index in [1.54, 1.807) is 44.7 Å². The van der Waals surface area contributed by atoms with Gasteiger partial charge in [-0.05, 0) is 67.8 Å². The van der Waals surface area contributed by atoms with Crippen molar-refractivity contribution in [1.82, 2.24) is 10.2 Å². The molecule has 2 aromatic heterocycles. The maximum atomic E-state index is 13.5. The standard InChI is InChI=1S/C27H32N4O7S2/c1-6-18(40-23-25(34)38-29-31(23)16-11-9-8-10-12-16)21(32)28-22-20(24(33)36-7-2)17-13-14-30(15-19(17)39-22)26(35)37-27(3,4)5/h8-12,18H,6-7,13-15H2,1-5H3,(H-,28,29,32,33,34)/p+1. The molecule has 13 heteroatoms. The molecule has 2 amide bonds. The predicted molar refractivity (Wildman–Crippen MR) is 150 cm³/mol. The second-order valence-corrected chi connectivity index (χ2v) is 12.3. The molecule has 3 aromatic rings. The van der Waals surface area contributed by atoms with E-state index in [1.165, 1.54) is 16.0 Å². The molecule has 11 nitrogen and oxygen atoms in total. The Bertz CT molecular complexity index is 1440. The zero-order valence-electron chi connectivity index (χ0n) is 23.1. The van der Waals surface area contributed by atoms with Crippen LogP contribution in [0.1, 0.15) is 61.8 Å². The van der Waals surface area contributed by atoms with Crippen LogP contribution in [0.3, 0.4) is 0 Å². The van der Waals surface area contributed by atoms with E-state index >= 15 is 0 Å². The molecule has 1 aliphatic heterocycles. The number of rotatable bonds is 8. The monoisotopic (exact) mass is 589 g/mol. The summed E-state index contributed by atoms with van der Waals surface area (Å²) in [5, 5.41) is 5.40. The highest BCUT2D eigenvalue weighted by Gasteiger charge is 2.35. The molecule has 1 unspecified atom stereocenters. The number of nitrogens with one attached hydrogen (secondary N) is 2. The maximum absolute atomic E-state index is 13.5. The molecular weight excluding hydrogens is 556 g/mol. The SMILES string of the molecule is CCOC(=O)c1c(NC(=O)C(CC)Sc2c(=O)o[nH][n+]2-c2ccccc2)sc2c1CCN(C(=O)OC(C)(C)C)C2. The number of esters is 1. The molecule has 0 saturated carbocycles. The van der Waals surface area contributed by atoms with Crippen LogP contribution in [0.15, 0.2) is 44.7 Å². The van der Waals surface area contributed by atoms with Gasteiger partial charge in [-0.15, -0.1) is 11.3 Å². The van der Waals surface area contributed by atoms with E-state index in [-0.39, 0.29) is 24.1 Å². The summed E-state index contributed by atoms with van der Waals surface area (Å²) in [4.78, 5) is 54.0. The zero-order chi connectivity index (χ0) is 29.0. The van der Waals surface area contributed by atoms with Gasteiger partial charge in [0.25, 0.3) is 0 Å². The number of aromatic amines is 1. The number of H-pyrrole nitrogens is 1. The molecular formula is C27H33N4O7S2+. The number of carbonyl (C=O) groups excluding carboxylic acids is 3. The first-order valence-corrected chi connectivity index (χ1v) is 14.7. The summed E-state index contributed by atoms with van der Waals surface area (Å²) in [7, 11) is 0. The van der Waals surface area contributed by atoms with Gasteiger partial charge in [-0.3, -0.25) is 9.32 Å². The van der Waals surface area contributed by atoms with Crippen molar-refractivity contribution in [2.45, 2.75) is 69.9 Å². The van der Waals surface area contributed by atoms with Crippen LogP contribution >= 0.6 is 23.1 Å². The van der Waals surface area contributed by atoms with Crippen molar-refractivity contribution in [3.05, 3.63) is 56.8 Å². The molecule has 0 aliphatic carbocycles. The number of aromatic nitrogens is 2. The zero-order valence-corrected chi connectivity index (χ0v) is 24.7. The summed E-state index contributed by atoms with van der Waals surface area (Å²) in [6.45, 7) is 9.77. The number of nitrogens with zero attached hydrogens (tertiary/aromatic N) is 2. The Hall–Kier alpha value is -3.58. The fourth-order valence-electron chi connectivity index (χ4n) is 4.15. The first-order chi connectivity index (χ1) is 19.0. The Balaban J connectivity index is 1.58. The van der Waals surface area contributed by atoms with Gasteiger partial charge in [-0.1, -0.05) is 25.1 Å². The number of ether oxygens (including phenoxy) is 2. The second kappa shape index (κ2) is 12.3. The normalized spacial score (nSPS) is 13.9. The minimum atomic E-state index is -0.666. The van der Waals surface area contributed by atoms with E-state index in [9.17, 15) is 19.2 Å². The third-order valence-electron chi connectivity index (χ3n) is 5.96. The minimum Gasteiger partial charge on any atom is -0.462 e. The molecule has 1 atom stereocenters. The number of carbonyl (C=O) groups is 3. The highest BCUT2D eigenvalue weighted by molar-refractivity contribution is 8.00. The number of thiophene rings is 1. The molecule has 1 aromatic carbocycles. The molecule has 40 heavy (non-hydrogen) atoms. The highest BCUT2D eigenvalue weighted by atomic mass is 32.2. The van der Waals surface area contributed by atoms with Crippen LogP contribution in [-0.4, -0.2) is 52.1 Å². The number of para-hydroxylation sites is 1. The Labute approximate surface area is 239 Å². The predicted octanol–water partition coefficient (Wildman–Crippen LogP) is 4.29. The second-order valence-electron chi connectivity index (χ2n) is 10.0. The van der Waals surface area contributed by atoms with Crippen LogP contribution in [0.4, 0.5) is 9.80 Å². The lowest BCUT2D eigenvalue weighted by molar-refractivity contribution is -0.704. The van der Waals surface area contributed by atoms with Crippen LogP contribution in [0.2, 0.25) is 0 Å². The van der Waals surface area contributed by atoms with Crippen LogP contribution in [0, 0.1) is 0 Å². The third kappa shape index (κ3) is 6.58. The van der Waals surface area contributed by atoms with Gasteiger partial charge in [0, 0.05) is 23.6 Å². The molecule has 1 aliphatic rings. The van der Waals surface area contributed by atoms with E-state index in [0.29, 0.717) is 35.6 Å². The summed E-state index contributed by atoms with van der Waals surface area (Å²) in [5.41, 5.74) is 0.508. The largest absolute Gasteiger partial charge is 0.462 e. The number of fused-ring (bicyclic) bond motifs is 1. The summed E-state index contributed by atoms with van der Waals surface area (Å²) in [5.74, 6) is -0.907. The van der Waals surface area contributed by atoms with Crippen molar-refractivity contribution < 1.29 is 33.1 Å². The van der Waals surface area contributed by atoms with E-state index < -0.39 is 28.5 Å². The van der Waals surface area contributed by atoms with Gasteiger partial charge in [0.1, 0.15) is 10.6 Å². The Kier molecular flexibility index (Phi) is 9.04. The summed E-state index contributed by atoms with van der Waals surface area (Å²) < 4.78 is 17.3. The van der Waals surface area contributed by atoms with Gasteiger partial charge < -0.3 is 19.7 Å². The fraction of sp³-hybridized carbons (Fsp3) is 0.444. The Morgan fingerprint density at radius 2 is 1.95 bits per heavy atom. The highest BCUT2D eigenvalue weighted by Crippen LogP contribution is 2.38. The van der Waals surface area contributed by atoms with Crippen LogP contribution in [0.25, 0.3) is 5.69 Å². The van der Waals surface area contributed by atoms with E-state index in [2.05, 4.69) is 10.6 Å². The molecule has 0 spiro atoms. The lowest BCUT2D eigenvalue weighted by Gasteiger charge is -2.30. The van der Waals surface area contributed by atoms with Gasteiger partial charge in [-0.25, -0.2) is 14.4 Å². The lowest BCUT2D eigenvalue weighted by Crippen LogP contribution is -2.39. The number of benzene rings is 1. The van der Waals surface area contributed by atoms with E-state index in [1.807, 2.05) is 25.1 Å². The van der Waals surface area contributed by atoms with Gasteiger partial charge in [-0.2, -0.15) is 0 Å². The van der Waals surface area contributed by atoms with Crippen molar-refractivity contribution in [3.63, 3.8) is 0 Å². The maximum Gasteiger partial charge on any atom is 0.442 e. The van der Waals surface area contributed by atoms with Crippen molar-refractivity contribution in [1.29, 1.82) is 0 Å². The van der Waals surface area contributed by atoms with Gasteiger partial charge in [0.2, 0.25) is 11.6 Å². The average molecular weight is 590 g/mol. The topological polar surface area (TPSA) is 135 Å². The van der Waals surface area contributed by atoms with Gasteiger partial charge in [0.05, 0.1) is 24.0 Å². The molecule has 3 heterocycles. The first-order valence-electron chi connectivity index (χ1n) is 13.0. The first kappa shape index (κ1) is 29.4. The van der Waals surface area contributed by atoms with Crippen LogP contribution in [-0.2, 0) is 27.2 Å². The van der Waals surface area contributed by atoms with Crippen molar-refractivity contribution in [3.8, 4) is 5.69 Å². The quantitative estimate of drug-likeness (QED) is 0.226. The average Bonchev–Trinajstić information content (AvgIpc) is 3.45. The van der Waals surface area contributed by atoms with Crippen molar-refractivity contribution in [2.24, 2.45) is 0 Å². The molecule has 0 fully saturated rings. The Morgan fingerprint density at radius 3 is 2.60 bits per heavy atom. The van der Waals surface area contributed by atoms with Crippen LogP contribution in [0.5, 0.6) is 0 Å². The number of anilines is 1. The number of hydrogen-bond donors (Lipinski definition) is 2. The number of amides is 2. The lowest BCUT2D eigenvalue weighted by atomic mass is 10.0. The smallest absolute Gasteiger partial charge is 0.442 e. The van der Waals surface area contributed by atoms with Crippen molar-refractivity contribution >= 4 is 46.1 Å². The van der Waals surface area contributed by atoms with Crippen LogP contribution < -0.4 is 15.6 Å². The fourth-order valence-corrected chi connectivity index (χ4v) is 6.40. The van der Waals surface area contributed by atoms with Gasteiger partial charge >= 0.3 is 22.7 Å². The molecule has 2 N–H and O–H groups in total. The molecule has 0 bridgehead atoms. The molecule has 214 valence electrons. The van der Waals surface area contributed by atoms with Gasteiger partial charge in [0.15, 0.2) is 0 Å². The Morgan fingerprint density at radius 1 is 1.23 bits per heavy atom. The number of thioether (sulfide) groups is 1. The molecule has 0 radical (unpaired) electrons. The molecule has 0 saturated heterocycles. The van der Waals surface area contributed by atoms with E-state index in [4.69, 9.17) is 14.0 Å². The third-order valence-corrected chi connectivity index (χ3v) is 8.50.